The molecule has 118 valence electrons. The normalized spacial score (nSPS) is 21.1. The van der Waals surface area contributed by atoms with Gasteiger partial charge in [0.1, 0.15) is 5.82 Å². The molecule has 1 aromatic rings. The highest BCUT2D eigenvalue weighted by Gasteiger charge is 2.27. The largest absolute Gasteiger partial charge is 0.366 e. The Bertz CT molecular complexity index is 684. The third-order valence-electron chi connectivity index (χ3n) is 3.09. The van der Waals surface area contributed by atoms with Gasteiger partial charge >= 0.3 is 0 Å². The molecule has 9 heteroatoms. The van der Waals surface area contributed by atoms with Gasteiger partial charge in [0.2, 0.25) is 10.0 Å². The summed E-state index contributed by atoms with van der Waals surface area (Å²) in [6, 6.07) is 3.10. The second kappa shape index (κ2) is 6.18. The van der Waals surface area contributed by atoms with E-state index in [9.17, 15) is 16.8 Å². The number of sulfonamides is 1. The molecule has 0 bridgehead atoms. The molecular weight excluding hydrogens is 314 g/mol. The van der Waals surface area contributed by atoms with Crippen LogP contribution in [-0.2, 0) is 19.9 Å². The molecule has 1 unspecified atom stereocenters. The summed E-state index contributed by atoms with van der Waals surface area (Å²) in [5.41, 5.74) is 0.396. The molecule has 0 aliphatic carbocycles. The summed E-state index contributed by atoms with van der Waals surface area (Å²) in [6.07, 6.45) is 2.52. The van der Waals surface area contributed by atoms with E-state index in [1.165, 1.54) is 6.20 Å². The first-order chi connectivity index (χ1) is 9.80. The van der Waals surface area contributed by atoms with Gasteiger partial charge in [-0.1, -0.05) is 6.92 Å². The second-order valence-corrected chi connectivity index (χ2v) is 9.17. The zero-order valence-electron chi connectivity index (χ0n) is 11.7. The summed E-state index contributed by atoms with van der Waals surface area (Å²) in [5.74, 6) is 0.905. The van der Waals surface area contributed by atoms with Crippen molar-refractivity contribution in [2.75, 3.05) is 27.3 Å². The van der Waals surface area contributed by atoms with E-state index in [0.29, 0.717) is 24.3 Å². The Morgan fingerprint density at radius 2 is 2.14 bits per heavy atom. The number of nitrogens with one attached hydrogen (secondary N) is 2. The van der Waals surface area contributed by atoms with Crippen LogP contribution >= 0.6 is 0 Å². The van der Waals surface area contributed by atoms with E-state index in [-0.39, 0.29) is 23.3 Å². The third-order valence-corrected chi connectivity index (χ3v) is 6.35. The van der Waals surface area contributed by atoms with E-state index in [0.717, 1.165) is 0 Å². The summed E-state index contributed by atoms with van der Waals surface area (Å²) in [7, 11) is -6.26. The lowest BCUT2D eigenvalue weighted by Crippen LogP contribution is -2.21. The maximum Gasteiger partial charge on any atom is 0.232 e. The molecule has 0 aromatic carbocycles. The number of hydrogen-bond acceptors (Lipinski definition) is 6. The fraction of sp³-hybridized carbons (Fsp3) is 0.583. The zero-order valence-corrected chi connectivity index (χ0v) is 13.4. The quantitative estimate of drug-likeness (QED) is 0.799. The molecule has 0 saturated carbocycles. The summed E-state index contributed by atoms with van der Waals surface area (Å²) >= 11 is 0. The average Bonchev–Trinajstić information content (AvgIpc) is 2.71. The number of anilines is 2. The lowest BCUT2D eigenvalue weighted by molar-refractivity contribution is 0.598. The van der Waals surface area contributed by atoms with E-state index in [1.54, 1.807) is 19.1 Å². The average molecular weight is 333 g/mol. The van der Waals surface area contributed by atoms with E-state index in [4.69, 9.17) is 0 Å². The van der Waals surface area contributed by atoms with Crippen molar-refractivity contribution in [3.63, 3.8) is 0 Å². The van der Waals surface area contributed by atoms with Crippen LogP contribution in [0.25, 0.3) is 0 Å². The molecule has 1 aliphatic rings. The minimum absolute atomic E-state index is 0.0624. The van der Waals surface area contributed by atoms with Gasteiger partial charge in [0.25, 0.3) is 0 Å². The number of hydrogen-bond donors (Lipinski definition) is 2. The molecular formula is C12H19N3O4S2. The van der Waals surface area contributed by atoms with Crippen LogP contribution < -0.4 is 10.0 Å². The Morgan fingerprint density at radius 3 is 2.67 bits per heavy atom. The number of aromatic nitrogens is 1. The molecule has 1 saturated heterocycles. The van der Waals surface area contributed by atoms with Gasteiger partial charge in [-0.3, -0.25) is 4.72 Å². The molecule has 1 aliphatic heterocycles. The summed E-state index contributed by atoms with van der Waals surface area (Å²) in [6.45, 7) is 1.79. The molecule has 0 spiro atoms. The topological polar surface area (TPSA) is 105 Å². The third kappa shape index (κ3) is 4.85. The Labute approximate surface area is 125 Å². The Hall–Kier alpha value is -1.35. The van der Waals surface area contributed by atoms with Crippen molar-refractivity contribution in [1.82, 2.24) is 4.98 Å². The highest BCUT2D eigenvalue weighted by molar-refractivity contribution is 7.92. The summed E-state index contributed by atoms with van der Waals surface area (Å²) < 4.78 is 48.4. The first-order valence-electron chi connectivity index (χ1n) is 6.73. The van der Waals surface area contributed by atoms with Crippen LogP contribution in [-0.4, -0.2) is 45.1 Å². The van der Waals surface area contributed by atoms with Gasteiger partial charge < -0.3 is 5.32 Å². The van der Waals surface area contributed by atoms with Crippen LogP contribution in [0.15, 0.2) is 18.3 Å². The Morgan fingerprint density at radius 1 is 1.38 bits per heavy atom. The minimum Gasteiger partial charge on any atom is -0.366 e. The van der Waals surface area contributed by atoms with E-state index in [2.05, 4.69) is 15.0 Å². The molecule has 7 nitrogen and oxygen atoms in total. The maximum atomic E-state index is 11.6. The van der Waals surface area contributed by atoms with Crippen molar-refractivity contribution >= 4 is 31.4 Å². The van der Waals surface area contributed by atoms with Gasteiger partial charge in [-0.15, -0.1) is 0 Å². The lowest BCUT2D eigenvalue weighted by Gasteiger charge is -2.12. The van der Waals surface area contributed by atoms with Crippen molar-refractivity contribution in [3.8, 4) is 0 Å². The fourth-order valence-electron chi connectivity index (χ4n) is 2.16. The predicted molar refractivity (Wildman–Crippen MR) is 82.6 cm³/mol. The van der Waals surface area contributed by atoms with E-state index < -0.39 is 19.9 Å². The molecule has 2 heterocycles. The fourth-order valence-corrected chi connectivity index (χ4v) is 4.95. The van der Waals surface area contributed by atoms with Crippen LogP contribution in [0.3, 0.4) is 0 Å². The number of pyridine rings is 1. The van der Waals surface area contributed by atoms with Gasteiger partial charge in [-0.05, 0) is 25.0 Å². The Balaban J connectivity index is 1.96. The van der Waals surface area contributed by atoms with Gasteiger partial charge in [-0.2, -0.15) is 0 Å². The van der Waals surface area contributed by atoms with Crippen LogP contribution in [0.5, 0.6) is 0 Å². The highest BCUT2D eigenvalue weighted by Crippen LogP contribution is 2.17. The van der Waals surface area contributed by atoms with Gasteiger partial charge in [0.15, 0.2) is 9.84 Å². The van der Waals surface area contributed by atoms with Crippen molar-refractivity contribution in [2.45, 2.75) is 25.8 Å². The van der Waals surface area contributed by atoms with Crippen LogP contribution in [0.1, 0.15) is 19.8 Å². The molecule has 21 heavy (non-hydrogen) atoms. The van der Waals surface area contributed by atoms with Gasteiger partial charge in [0, 0.05) is 6.04 Å². The predicted octanol–water partition coefficient (Wildman–Crippen LogP) is 0.832. The molecule has 2 N–H and O–H groups in total. The molecule has 0 radical (unpaired) electrons. The maximum absolute atomic E-state index is 11.6. The van der Waals surface area contributed by atoms with Crippen LogP contribution in [0.2, 0.25) is 0 Å². The number of rotatable bonds is 6. The molecule has 1 fully saturated rings. The number of nitrogens with zero attached hydrogens (tertiary/aromatic N) is 1. The number of sulfone groups is 1. The second-order valence-electron chi connectivity index (χ2n) is 5.10. The summed E-state index contributed by atoms with van der Waals surface area (Å²) in [4.78, 5) is 4.10. The zero-order chi connectivity index (χ0) is 15.5. The lowest BCUT2D eigenvalue weighted by atomic mass is 10.2. The smallest absolute Gasteiger partial charge is 0.232 e. The van der Waals surface area contributed by atoms with Crippen molar-refractivity contribution in [1.29, 1.82) is 0 Å². The first-order valence-corrected chi connectivity index (χ1v) is 10.2. The van der Waals surface area contributed by atoms with Crippen LogP contribution in [0, 0.1) is 0 Å². The molecule has 0 amide bonds. The van der Waals surface area contributed by atoms with E-state index in [1.807, 2.05) is 0 Å². The van der Waals surface area contributed by atoms with Crippen LogP contribution in [0.4, 0.5) is 11.5 Å². The SMILES string of the molecule is CCCS(=O)(=O)Nc1ccc(NC2CCS(=O)(=O)C2)nc1. The van der Waals surface area contributed by atoms with E-state index >= 15 is 0 Å². The monoisotopic (exact) mass is 333 g/mol. The van der Waals surface area contributed by atoms with Crippen molar-refractivity contribution in [2.24, 2.45) is 0 Å². The first kappa shape index (κ1) is 16.0. The van der Waals surface area contributed by atoms with Gasteiger partial charge in [-0.25, -0.2) is 21.8 Å². The summed E-state index contributed by atoms with van der Waals surface area (Å²) in [5, 5.41) is 3.04. The highest BCUT2D eigenvalue weighted by atomic mass is 32.2. The van der Waals surface area contributed by atoms with Crippen molar-refractivity contribution in [3.05, 3.63) is 18.3 Å². The Kier molecular flexibility index (Phi) is 4.72. The molecule has 2 rings (SSSR count). The molecule has 1 atom stereocenters. The van der Waals surface area contributed by atoms with Crippen molar-refractivity contribution < 1.29 is 16.8 Å². The molecule has 1 aromatic heterocycles. The van der Waals surface area contributed by atoms with Gasteiger partial charge in [0.05, 0.1) is 29.1 Å². The minimum atomic E-state index is -3.33. The standard InChI is InChI=1S/C12H19N3O4S2/c1-2-6-21(18,19)15-10-3-4-12(13-8-10)14-11-5-7-20(16,17)9-11/h3-4,8,11,15H,2,5-7,9H2,1H3,(H,13,14).